The van der Waals surface area contributed by atoms with E-state index in [9.17, 15) is 0 Å². The van der Waals surface area contributed by atoms with Crippen LogP contribution in [0.1, 0.15) is 26.2 Å². The minimum absolute atomic E-state index is 0.752. The van der Waals surface area contributed by atoms with E-state index in [0.717, 1.165) is 57.2 Å². The fraction of sp³-hybridized carbons (Fsp3) is 0.737. The van der Waals surface area contributed by atoms with Crippen molar-refractivity contribution >= 4 is 22.3 Å². The zero-order valence-corrected chi connectivity index (χ0v) is 16.2. The minimum Gasteiger partial charge on any atom is -0.360 e. The van der Waals surface area contributed by atoms with Gasteiger partial charge in [0.25, 0.3) is 0 Å². The highest BCUT2D eigenvalue weighted by atomic mass is 32.1. The molecule has 0 radical (unpaired) electrons. The predicted molar refractivity (Wildman–Crippen MR) is 107 cm³/mol. The zero-order valence-electron chi connectivity index (χ0n) is 15.4. The standard InChI is InChI=1S/C19H31N5S/c1-2-20-19(21-14-16-7-8-24(15-16)17-5-6-17)23-11-9-22(10-12-23)18-4-3-13-25-18/h3-4,13,16-17H,2,5-12,14-15H2,1H3,(H,20,21). The fourth-order valence-electron chi connectivity index (χ4n) is 4.01. The van der Waals surface area contributed by atoms with Crippen LogP contribution >= 0.6 is 11.3 Å². The summed E-state index contributed by atoms with van der Waals surface area (Å²) in [6.45, 7) is 10.9. The lowest BCUT2D eigenvalue weighted by atomic mass is 10.1. The van der Waals surface area contributed by atoms with Gasteiger partial charge in [-0.05, 0) is 56.2 Å². The molecule has 1 aromatic rings. The summed E-state index contributed by atoms with van der Waals surface area (Å²) in [5.41, 5.74) is 0. The summed E-state index contributed by atoms with van der Waals surface area (Å²) in [6, 6.07) is 5.28. The monoisotopic (exact) mass is 361 g/mol. The van der Waals surface area contributed by atoms with Crippen molar-refractivity contribution in [3.8, 4) is 0 Å². The highest BCUT2D eigenvalue weighted by Gasteiger charge is 2.34. The van der Waals surface area contributed by atoms with E-state index in [1.165, 1.54) is 37.4 Å². The van der Waals surface area contributed by atoms with Gasteiger partial charge in [0.15, 0.2) is 5.96 Å². The molecule has 3 heterocycles. The Morgan fingerprint density at radius 1 is 1.20 bits per heavy atom. The molecule has 0 amide bonds. The summed E-state index contributed by atoms with van der Waals surface area (Å²) in [4.78, 5) is 12.6. The third-order valence-corrected chi connectivity index (χ3v) is 6.54. The molecule has 1 saturated carbocycles. The molecular formula is C19H31N5S. The van der Waals surface area contributed by atoms with Crippen LogP contribution in [0.25, 0.3) is 0 Å². The van der Waals surface area contributed by atoms with Crippen LogP contribution in [0.5, 0.6) is 0 Å². The second-order valence-electron chi connectivity index (χ2n) is 7.50. The molecule has 2 aliphatic heterocycles. The number of anilines is 1. The first kappa shape index (κ1) is 17.2. The Morgan fingerprint density at radius 3 is 2.72 bits per heavy atom. The maximum Gasteiger partial charge on any atom is 0.194 e. The van der Waals surface area contributed by atoms with Crippen LogP contribution in [0, 0.1) is 5.92 Å². The minimum atomic E-state index is 0.752. The predicted octanol–water partition coefficient (Wildman–Crippen LogP) is 2.32. The second-order valence-corrected chi connectivity index (χ2v) is 8.43. The Morgan fingerprint density at radius 2 is 2.04 bits per heavy atom. The van der Waals surface area contributed by atoms with E-state index in [-0.39, 0.29) is 0 Å². The van der Waals surface area contributed by atoms with Crippen molar-refractivity contribution in [1.29, 1.82) is 0 Å². The van der Waals surface area contributed by atoms with Gasteiger partial charge in [0, 0.05) is 51.9 Å². The number of thiophene rings is 1. The number of piperazine rings is 1. The number of nitrogens with one attached hydrogen (secondary N) is 1. The van der Waals surface area contributed by atoms with E-state index in [2.05, 4.69) is 44.5 Å². The molecule has 1 aromatic heterocycles. The number of nitrogens with zero attached hydrogens (tertiary/aromatic N) is 4. The molecule has 25 heavy (non-hydrogen) atoms. The number of hydrogen-bond donors (Lipinski definition) is 1. The van der Waals surface area contributed by atoms with Crippen molar-refractivity contribution in [3.63, 3.8) is 0 Å². The van der Waals surface area contributed by atoms with Crippen molar-refractivity contribution in [2.75, 3.05) is 57.3 Å². The average molecular weight is 362 g/mol. The molecule has 5 nitrogen and oxygen atoms in total. The maximum atomic E-state index is 5.01. The van der Waals surface area contributed by atoms with Crippen LogP contribution in [-0.4, -0.2) is 74.2 Å². The smallest absolute Gasteiger partial charge is 0.194 e. The van der Waals surface area contributed by atoms with Crippen LogP contribution in [0.2, 0.25) is 0 Å². The molecule has 1 N–H and O–H groups in total. The Labute approximate surface area is 155 Å². The van der Waals surface area contributed by atoms with Crippen molar-refractivity contribution in [1.82, 2.24) is 15.1 Å². The van der Waals surface area contributed by atoms with Crippen LogP contribution in [0.3, 0.4) is 0 Å². The number of aliphatic imine (C=N–C) groups is 1. The molecule has 3 fully saturated rings. The molecule has 2 saturated heterocycles. The molecule has 0 bridgehead atoms. The van der Waals surface area contributed by atoms with Gasteiger partial charge in [-0.2, -0.15) is 0 Å². The lowest BCUT2D eigenvalue weighted by Crippen LogP contribution is -2.52. The Kier molecular flexibility index (Phi) is 5.46. The van der Waals surface area contributed by atoms with Gasteiger partial charge in [0.2, 0.25) is 0 Å². The number of hydrogen-bond acceptors (Lipinski definition) is 4. The van der Waals surface area contributed by atoms with Gasteiger partial charge in [-0.25, -0.2) is 0 Å². The van der Waals surface area contributed by atoms with E-state index in [1.807, 2.05) is 11.3 Å². The van der Waals surface area contributed by atoms with Gasteiger partial charge in [-0.15, -0.1) is 11.3 Å². The van der Waals surface area contributed by atoms with Crippen LogP contribution in [0.4, 0.5) is 5.00 Å². The third-order valence-electron chi connectivity index (χ3n) is 5.61. The highest BCUT2D eigenvalue weighted by molar-refractivity contribution is 7.14. The van der Waals surface area contributed by atoms with Gasteiger partial charge in [-0.1, -0.05) is 0 Å². The summed E-state index contributed by atoms with van der Waals surface area (Å²) in [7, 11) is 0. The summed E-state index contributed by atoms with van der Waals surface area (Å²) >= 11 is 1.84. The van der Waals surface area contributed by atoms with Gasteiger partial charge < -0.3 is 20.0 Å². The summed E-state index contributed by atoms with van der Waals surface area (Å²) < 4.78 is 0. The Hall–Kier alpha value is -1.27. The van der Waals surface area contributed by atoms with Crippen molar-refractivity contribution < 1.29 is 0 Å². The van der Waals surface area contributed by atoms with Crippen LogP contribution in [0.15, 0.2) is 22.5 Å². The fourth-order valence-corrected chi connectivity index (χ4v) is 4.80. The van der Waals surface area contributed by atoms with E-state index >= 15 is 0 Å². The quantitative estimate of drug-likeness (QED) is 0.645. The molecule has 6 heteroatoms. The van der Waals surface area contributed by atoms with Crippen LogP contribution < -0.4 is 10.2 Å². The molecule has 3 aliphatic rings. The topological polar surface area (TPSA) is 34.1 Å². The van der Waals surface area contributed by atoms with E-state index < -0.39 is 0 Å². The highest BCUT2D eigenvalue weighted by Crippen LogP contribution is 2.31. The van der Waals surface area contributed by atoms with Crippen molar-refractivity contribution in [3.05, 3.63) is 17.5 Å². The summed E-state index contributed by atoms with van der Waals surface area (Å²) in [5.74, 6) is 1.87. The Balaban J connectivity index is 1.30. The van der Waals surface area contributed by atoms with Crippen molar-refractivity contribution in [2.45, 2.75) is 32.2 Å². The van der Waals surface area contributed by atoms with Gasteiger partial charge >= 0.3 is 0 Å². The van der Waals surface area contributed by atoms with Gasteiger partial charge in [-0.3, -0.25) is 4.99 Å². The molecule has 0 spiro atoms. The van der Waals surface area contributed by atoms with E-state index in [1.54, 1.807) is 0 Å². The molecule has 1 atom stereocenters. The summed E-state index contributed by atoms with van der Waals surface area (Å²) in [6.07, 6.45) is 4.17. The average Bonchev–Trinajstić information content (AvgIpc) is 3.15. The number of rotatable bonds is 5. The normalized spacial score (nSPS) is 25.6. The maximum absolute atomic E-state index is 5.01. The van der Waals surface area contributed by atoms with E-state index in [0.29, 0.717) is 0 Å². The van der Waals surface area contributed by atoms with Crippen LogP contribution in [-0.2, 0) is 0 Å². The van der Waals surface area contributed by atoms with Gasteiger partial charge in [0.05, 0.1) is 5.00 Å². The number of likely N-dealkylation sites (tertiary alicyclic amines) is 1. The lowest BCUT2D eigenvalue weighted by Gasteiger charge is -2.37. The Bertz CT molecular complexity index is 560. The first-order valence-corrected chi connectivity index (χ1v) is 10.8. The zero-order chi connectivity index (χ0) is 17.1. The molecule has 138 valence electrons. The summed E-state index contributed by atoms with van der Waals surface area (Å²) in [5, 5.41) is 7.08. The molecule has 4 rings (SSSR count). The first-order chi connectivity index (χ1) is 12.3. The molecular weight excluding hydrogens is 330 g/mol. The molecule has 0 aromatic carbocycles. The lowest BCUT2D eigenvalue weighted by molar-refractivity contribution is 0.315. The van der Waals surface area contributed by atoms with Crippen molar-refractivity contribution in [2.24, 2.45) is 10.9 Å². The largest absolute Gasteiger partial charge is 0.360 e. The first-order valence-electron chi connectivity index (χ1n) is 9.89. The number of guanidine groups is 1. The molecule has 1 unspecified atom stereocenters. The van der Waals surface area contributed by atoms with Gasteiger partial charge in [0.1, 0.15) is 0 Å². The molecule has 1 aliphatic carbocycles. The van der Waals surface area contributed by atoms with E-state index in [4.69, 9.17) is 4.99 Å². The second kappa shape index (κ2) is 7.96. The third kappa shape index (κ3) is 4.29. The SMILES string of the molecule is CCNC(=NCC1CCN(C2CC2)C1)N1CCN(c2cccs2)CC1.